The Kier molecular flexibility index (Phi) is 5.93. The van der Waals surface area contributed by atoms with Gasteiger partial charge in [-0.05, 0) is 45.5 Å². The van der Waals surface area contributed by atoms with E-state index >= 15 is 0 Å². The number of H-pyrrole nitrogens is 1. The van der Waals surface area contributed by atoms with Crippen LogP contribution in [-0.4, -0.2) is 51.9 Å². The van der Waals surface area contributed by atoms with Crippen LogP contribution in [0, 0.1) is 0 Å². The number of imide groups is 1. The first kappa shape index (κ1) is 26.8. The SMILES string of the molecule is CC(C)(C)OC=O.CN1CCn2c3c(cccc3c3c4c(c5c6ccc(C(F)(F)F)cc6[nH]c5c32)C(=O)NC4=O)C1. The average Bonchev–Trinajstić information content (AvgIpc) is 3.46. The van der Waals surface area contributed by atoms with Crippen molar-refractivity contribution in [3.63, 3.8) is 0 Å². The summed E-state index contributed by atoms with van der Waals surface area (Å²) in [6, 6.07) is 9.37. The molecule has 0 saturated heterocycles. The van der Waals surface area contributed by atoms with E-state index in [0.717, 1.165) is 47.2 Å². The molecule has 7 rings (SSSR count). The molecule has 4 heterocycles. The zero-order valence-electron chi connectivity index (χ0n) is 22.8. The first-order valence-electron chi connectivity index (χ1n) is 13.1. The lowest BCUT2D eigenvalue weighted by Crippen LogP contribution is -2.20. The highest BCUT2D eigenvalue weighted by molar-refractivity contribution is 6.39. The third kappa shape index (κ3) is 4.22. The van der Waals surface area contributed by atoms with Crippen molar-refractivity contribution in [2.45, 2.75) is 45.6 Å². The lowest BCUT2D eigenvalue weighted by atomic mass is 9.96. The van der Waals surface area contributed by atoms with E-state index < -0.39 is 23.6 Å². The molecule has 2 N–H and O–H groups in total. The highest BCUT2D eigenvalue weighted by atomic mass is 19.4. The first-order valence-corrected chi connectivity index (χ1v) is 13.1. The van der Waals surface area contributed by atoms with E-state index in [4.69, 9.17) is 0 Å². The van der Waals surface area contributed by atoms with Gasteiger partial charge in [0.15, 0.2) is 0 Å². The van der Waals surface area contributed by atoms with E-state index in [0.29, 0.717) is 40.3 Å². The number of hydrogen-bond acceptors (Lipinski definition) is 5. The summed E-state index contributed by atoms with van der Waals surface area (Å²) in [7, 11) is 2.04. The Balaban J connectivity index is 0.000000387. The molecule has 41 heavy (non-hydrogen) atoms. The fourth-order valence-electron chi connectivity index (χ4n) is 5.88. The number of aromatic nitrogens is 2. The molecule has 8 nitrogen and oxygen atoms in total. The van der Waals surface area contributed by atoms with Gasteiger partial charge >= 0.3 is 6.18 Å². The molecule has 0 fully saturated rings. The molecular formula is C30H27F3N4O4. The second-order valence-electron chi connectivity index (χ2n) is 11.4. The van der Waals surface area contributed by atoms with Gasteiger partial charge in [0.1, 0.15) is 5.60 Å². The Labute approximate surface area is 232 Å². The van der Waals surface area contributed by atoms with E-state index in [2.05, 4.69) is 24.5 Å². The summed E-state index contributed by atoms with van der Waals surface area (Å²) < 4.78 is 46.9. The van der Waals surface area contributed by atoms with Gasteiger partial charge in [-0.25, -0.2) is 0 Å². The Hall–Kier alpha value is -4.38. The highest BCUT2D eigenvalue weighted by Gasteiger charge is 2.37. The number of rotatable bonds is 1. The normalized spacial score (nSPS) is 15.7. The number of benzene rings is 3. The number of likely N-dealkylation sites (N-methyl/N-ethyl adjacent to an activating group) is 1. The predicted molar refractivity (Wildman–Crippen MR) is 149 cm³/mol. The zero-order chi connectivity index (χ0) is 29.4. The van der Waals surface area contributed by atoms with Crippen molar-refractivity contribution >= 4 is 61.9 Å². The number of carbonyl (C=O) groups excluding carboxylic acids is 3. The summed E-state index contributed by atoms with van der Waals surface area (Å²) in [6.45, 7) is 8.05. The van der Waals surface area contributed by atoms with E-state index in [1.807, 2.05) is 46.0 Å². The molecule has 0 unspecified atom stereocenters. The Morgan fingerprint density at radius 2 is 1.63 bits per heavy atom. The third-order valence-electron chi connectivity index (χ3n) is 7.51. The molecule has 0 aliphatic carbocycles. The molecule has 2 aromatic heterocycles. The van der Waals surface area contributed by atoms with Crippen molar-refractivity contribution in [1.82, 2.24) is 19.8 Å². The molecule has 2 aliphatic heterocycles. The van der Waals surface area contributed by atoms with Crippen LogP contribution in [0.15, 0.2) is 36.4 Å². The van der Waals surface area contributed by atoms with Crippen LogP contribution >= 0.6 is 0 Å². The number of hydrogen-bond donors (Lipinski definition) is 2. The summed E-state index contributed by atoms with van der Waals surface area (Å²) in [4.78, 5) is 41.0. The third-order valence-corrected chi connectivity index (χ3v) is 7.51. The Morgan fingerprint density at radius 1 is 0.927 bits per heavy atom. The number of amides is 2. The van der Waals surface area contributed by atoms with Gasteiger partial charge in [-0.15, -0.1) is 0 Å². The van der Waals surface area contributed by atoms with Crippen LogP contribution in [0.2, 0.25) is 0 Å². The van der Waals surface area contributed by atoms with Crippen molar-refractivity contribution in [3.05, 3.63) is 58.7 Å². The number of alkyl halides is 3. The summed E-state index contributed by atoms with van der Waals surface area (Å²) in [6.07, 6.45) is -4.50. The number of halogens is 3. The predicted octanol–water partition coefficient (Wildman–Crippen LogP) is 5.73. The average molecular weight is 565 g/mol. The van der Waals surface area contributed by atoms with Gasteiger partial charge in [-0.1, -0.05) is 24.3 Å². The number of ether oxygens (including phenoxy) is 1. The standard InChI is InChI=1S/C25H17F3N4O2.C5H10O2/c1-31-7-8-32-21-11(10-31)3-2-4-14(21)17-19-18(23(33)30-24(19)34)16-13-6-5-12(25(26,27)28)9-15(13)29-20(16)22(17)32;1-5(2,3)7-4-6/h2-6,9,29H,7-8,10H2,1H3,(H,30,33,34);4H,1-3H3. The van der Waals surface area contributed by atoms with Crippen LogP contribution in [0.1, 0.15) is 52.6 Å². The first-order chi connectivity index (χ1) is 19.3. The molecular weight excluding hydrogens is 537 g/mol. The van der Waals surface area contributed by atoms with E-state index in [1.54, 1.807) is 0 Å². The van der Waals surface area contributed by atoms with Crippen molar-refractivity contribution in [2.75, 3.05) is 13.6 Å². The molecule has 2 amide bonds. The summed E-state index contributed by atoms with van der Waals surface area (Å²) in [5.74, 6) is -1.01. The number of carbonyl (C=O) groups is 3. The molecule has 5 aromatic rings. The van der Waals surface area contributed by atoms with Crippen LogP contribution in [-0.2, 0) is 28.8 Å². The van der Waals surface area contributed by atoms with Crippen molar-refractivity contribution in [2.24, 2.45) is 0 Å². The highest BCUT2D eigenvalue weighted by Crippen LogP contribution is 2.45. The Bertz CT molecular complexity index is 1930. The summed E-state index contributed by atoms with van der Waals surface area (Å²) in [5.41, 5.74) is 3.08. The van der Waals surface area contributed by atoms with Gasteiger partial charge < -0.3 is 19.2 Å². The minimum absolute atomic E-state index is 0.220. The van der Waals surface area contributed by atoms with Gasteiger partial charge in [-0.2, -0.15) is 13.2 Å². The van der Waals surface area contributed by atoms with Crippen molar-refractivity contribution in [1.29, 1.82) is 0 Å². The minimum atomic E-state index is -4.50. The summed E-state index contributed by atoms with van der Waals surface area (Å²) >= 11 is 0. The number of para-hydroxylation sites is 1. The Morgan fingerprint density at radius 3 is 2.27 bits per heavy atom. The molecule has 0 radical (unpaired) electrons. The fourth-order valence-corrected chi connectivity index (χ4v) is 5.88. The van der Waals surface area contributed by atoms with Crippen LogP contribution in [0.4, 0.5) is 13.2 Å². The molecule has 212 valence electrons. The van der Waals surface area contributed by atoms with Crippen LogP contribution in [0.5, 0.6) is 0 Å². The van der Waals surface area contributed by atoms with Gasteiger partial charge in [0.2, 0.25) is 0 Å². The maximum absolute atomic E-state index is 13.4. The van der Waals surface area contributed by atoms with Gasteiger partial charge in [-0.3, -0.25) is 19.7 Å². The fraction of sp³-hybridized carbons (Fsp3) is 0.300. The van der Waals surface area contributed by atoms with E-state index in [1.165, 1.54) is 6.07 Å². The van der Waals surface area contributed by atoms with E-state index in [-0.39, 0.29) is 16.7 Å². The van der Waals surface area contributed by atoms with Gasteiger partial charge in [0, 0.05) is 46.7 Å². The maximum Gasteiger partial charge on any atom is 0.416 e. The van der Waals surface area contributed by atoms with Crippen molar-refractivity contribution < 1.29 is 32.3 Å². The monoisotopic (exact) mass is 564 g/mol. The van der Waals surface area contributed by atoms with Crippen molar-refractivity contribution in [3.8, 4) is 0 Å². The number of nitrogens with one attached hydrogen (secondary N) is 2. The number of fused-ring (bicyclic) bond motifs is 10. The molecule has 2 aliphatic rings. The lowest BCUT2D eigenvalue weighted by molar-refractivity contribution is -0.139. The number of aromatic amines is 1. The van der Waals surface area contributed by atoms with Crippen LogP contribution < -0.4 is 5.32 Å². The molecule has 0 spiro atoms. The van der Waals surface area contributed by atoms with Crippen LogP contribution in [0.3, 0.4) is 0 Å². The zero-order valence-corrected chi connectivity index (χ0v) is 22.8. The summed E-state index contributed by atoms with van der Waals surface area (Å²) in [5, 5.41) is 4.89. The maximum atomic E-state index is 13.4. The molecule has 3 aromatic carbocycles. The second-order valence-corrected chi connectivity index (χ2v) is 11.4. The topological polar surface area (TPSA) is 96.4 Å². The molecule has 0 bridgehead atoms. The largest absolute Gasteiger partial charge is 0.462 e. The number of nitrogens with zero attached hydrogens (tertiary/aromatic N) is 2. The smallest absolute Gasteiger partial charge is 0.416 e. The lowest BCUT2D eigenvalue weighted by Gasteiger charge is -2.14. The molecule has 11 heteroatoms. The second kappa shape index (κ2) is 9.07. The van der Waals surface area contributed by atoms with Gasteiger partial charge in [0.25, 0.3) is 18.3 Å². The van der Waals surface area contributed by atoms with Crippen LogP contribution in [0.25, 0.3) is 43.6 Å². The molecule has 0 saturated carbocycles. The molecule has 0 atom stereocenters. The van der Waals surface area contributed by atoms with Gasteiger partial charge in [0.05, 0.1) is 33.2 Å². The minimum Gasteiger partial charge on any atom is -0.462 e. The van der Waals surface area contributed by atoms with E-state index in [9.17, 15) is 27.6 Å². The quantitative estimate of drug-likeness (QED) is 0.200.